The summed E-state index contributed by atoms with van der Waals surface area (Å²) in [7, 11) is 0. The van der Waals surface area contributed by atoms with Gasteiger partial charge in [-0.1, -0.05) is 34.8 Å². The first-order valence-electron chi connectivity index (χ1n) is 6.27. The summed E-state index contributed by atoms with van der Waals surface area (Å²) in [5.74, 6) is -0.0656. The number of hydrogen-bond donors (Lipinski definition) is 0. The molecular formula is C16H10Cl3NO. The van der Waals surface area contributed by atoms with Crippen LogP contribution in [-0.4, -0.2) is 10.4 Å². The quantitative estimate of drug-likeness (QED) is 0.579. The molecule has 3 rings (SSSR count). The Labute approximate surface area is 136 Å². The molecule has 0 aliphatic heterocycles. The van der Waals surface area contributed by atoms with Crippen LogP contribution in [-0.2, 0) is 6.54 Å². The third-order valence-electron chi connectivity index (χ3n) is 3.28. The number of rotatable bonds is 3. The SMILES string of the molecule is O=C(Cn1ccc2cc(Cl)ccc21)c1ccc(Cl)cc1Cl. The Balaban J connectivity index is 1.93. The van der Waals surface area contributed by atoms with Crippen molar-refractivity contribution in [3.05, 3.63) is 69.3 Å². The summed E-state index contributed by atoms with van der Waals surface area (Å²) in [4.78, 5) is 12.4. The number of carbonyl (C=O) groups excluding carboxylic acids is 1. The number of benzene rings is 2. The number of carbonyl (C=O) groups is 1. The van der Waals surface area contributed by atoms with Crippen molar-refractivity contribution in [3.8, 4) is 0 Å². The molecule has 2 nitrogen and oxygen atoms in total. The molecule has 2 aromatic carbocycles. The zero-order valence-electron chi connectivity index (χ0n) is 10.8. The van der Waals surface area contributed by atoms with Crippen molar-refractivity contribution >= 4 is 51.5 Å². The Hall–Kier alpha value is -1.48. The van der Waals surface area contributed by atoms with E-state index in [1.54, 1.807) is 24.3 Å². The van der Waals surface area contributed by atoms with Crippen LogP contribution in [0.4, 0.5) is 0 Å². The van der Waals surface area contributed by atoms with E-state index < -0.39 is 0 Å². The molecule has 106 valence electrons. The van der Waals surface area contributed by atoms with Gasteiger partial charge in [0.2, 0.25) is 0 Å². The molecule has 0 N–H and O–H groups in total. The van der Waals surface area contributed by atoms with Crippen molar-refractivity contribution in [1.29, 1.82) is 0 Å². The number of aromatic nitrogens is 1. The summed E-state index contributed by atoms with van der Waals surface area (Å²) in [5, 5.41) is 2.55. The summed E-state index contributed by atoms with van der Waals surface area (Å²) in [6.45, 7) is 0.215. The summed E-state index contributed by atoms with van der Waals surface area (Å²) in [6.07, 6.45) is 1.86. The van der Waals surface area contributed by atoms with Gasteiger partial charge in [0.05, 0.1) is 11.6 Å². The van der Waals surface area contributed by atoms with Gasteiger partial charge in [0.25, 0.3) is 0 Å². The van der Waals surface area contributed by atoms with Crippen molar-refractivity contribution in [2.75, 3.05) is 0 Å². The molecule has 0 saturated heterocycles. The van der Waals surface area contributed by atoms with Gasteiger partial charge < -0.3 is 4.57 Å². The van der Waals surface area contributed by atoms with E-state index in [0.29, 0.717) is 20.6 Å². The lowest BCUT2D eigenvalue weighted by Gasteiger charge is -2.07. The lowest BCUT2D eigenvalue weighted by molar-refractivity contribution is 0.0974. The molecule has 1 heterocycles. The average molecular weight is 339 g/mol. The van der Waals surface area contributed by atoms with Crippen molar-refractivity contribution in [2.45, 2.75) is 6.54 Å². The van der Waals surface area contributed by atoms with E-state index in [-0.39, 0.29) is 12.3 Å². The van der Waals surface area contributed by atoms with Gasteiger partial charge in [0, 0.05) is 32.7 Å². The molecule has 5 heteroatoms. The molecule has 0 bridgehead atoms. The zero-order chi connectivity index (χ0) is 15.0. The van der Waals surface area contributed by atoms with Gasteiger partial charge in [-0.25, -0.2) is 0 Å². The summed E-state index contributed by atoms with van der Waals surface area (Å²) in [5.41, 5.74) is 1.43. The maximum absolute atomic E-state index is 12.4. The van der Waals surface area contributed by atoms with Crippen LogP contribution >= 0.6 is 34.8 Å². The fourth-order valence-electron chi connectivity index (χ4n) is 2.26. The second-order valence-corrected chi connectivity index (χ2v) is 5.97. The van der Waals surface area contributed by atoms with Crippen LogP contribution in [0, 0.1) is 0 Å². The third kappa shape index (κ3) is 2.93. The lowest BCUT2D eigenvalue weighted by atomic mass is 10.1. The van der Waals surface area contributed by atoms with Crippen LogP contribution in [0.1, 0.15) is 10.4 Å². The molecule has 0 spiro atoms. The van der Waals surface area contributed by atoms with Crippen molar-refractivity contribution in [2.24, 2.45) is 0 Å². The van der Waals surface area contributed by atoms with E-state index in [0.717, 1.165) is 10.9 Å². The van der Waals surface area contributed by atoms with Crippen LogP contribution in [0.25, 0.3) is 10.9 Å². The number of nitrogens with zero attached hydrogens (tertiary/aromatic N) is 1. The highest BCUT2D eigenvalue weighted by Gasteiger charge is 2.12. The minimum absolute atomic E-state index is 0.0656. The van der Waals surface area contributed by atoms with E-state index in [1.807, 2.05) is 29.0 Å². The highest BCUT2D eigenvalue weighted by atomic mass is 35.5. The van der Waals surface area contributed by atoms with Gasteiger partial charge in [-0.15, -0.1) is 0 Å². The molecule has 21 heavy (non-hydrogen) atoms. The van der Waals surface area contributed by atoms with Crippen molar-refractivity contribution < 1.29 is 4.79 Å². The number of hydrogen-bond acceptors (Lipinski definition) is 1. The molecule has 0 saturated carbocycles. The number of fused-ring (bicyclic) bond motifs is 1. The minimum Gasteiger partial charge on any atom is -0.340 e. The Bertz CT molecular complexity index is 839. The maximum atomic E-state index is 12.4. The summed E-state index contributed by atoms with van der Waals surface area (Å²) in [6, 6.07) is 12.4. The van der Waals surface area contributed by atoms with E-state index in [2.05, 4.69) is 0 Å². The molecule has 0 aliphatic rings. The number of Topliss-reactive ketones (excluding diaryl/α,β-unsaturated/α-hetero) is 1. The second kappa shape index (κ2) is 5.72. The minimum atomic E-state index is -0.0656. The van der Waals surface area contributed by atoms with Crippen LogP contribution in [0.3, 0.4) is 0 Å². The average Bonchev–Trinajstić information content (AvgIpc) is 2.80. The molecule has 0 radical (unpaired) electrons. The Morgan fingerprint density at radius 1 is 0.952 bits per heavy atom. The predicted octanol–water partition coefficient (Wildman–Crippen LogP) is 5.48. The molecule has 1 aromatic heterocycles. The highest BCUT2D eigenvalue weighted by molar-refractivity contribution is 6.36. The van der Waals surface area contributed by atoms with Gasteiger partial charge in [-0.2, -0.15) is 0 Å². The number of halogens is 3. The Morgan fingerprint density at radius 2 is 1.67 bits per heavy atom. The molecule has 0 aliphatic carbocycles. The first kappa shape index (κ1) is 14.5. The van der Waals surface area contributed by atoms with Crippen LogP contribution in [0.2, 0.25) is 15.1 Å². The van der Waals surface area contributed by atoms with E-state index in [1.165, 1.54) is 0 Å². The maximum Gasteiger partial charge on any atom is 0.183 e. The fraction of sp³-hybridized carbons (Fsp3) is 0.0625. The predicted molar refractivity (Wildman–Crippen MR) is 87.7 cm³/mol. The van der Waals surface area contributed by atoms with Gasteiger partial charge in [-0.05, 0) is 42.5 Å². The summed E-state index contributed by atoms with van der Waals surface area (Å²) >= 11 is 17.9. The smallest absolute Gasteiger partial charge is 0.183 e. The molecule has 0 atom stereocenters. The van der Waals surface area contributed by atoms with E-state index in [4.69, 9.17) is 34.8 Å². The van der Waals surface area contributed by atoms with E-state index >= 15 is 0 Å². The number of ketones is 1. The topological polar surface area (TPSA) is 22.0 Å². The monoisotopic (exact) mass is 337 g/mol. The van der Waals surface area contributed by atoms with Gasteiger partial charge >= 0.3 is 0 Å². The second-order valence-electron chi connectivity index (χ2n) is 4.69. The van der Waals surface area contributed by atoms with Gasteiger partial charge in [0.15, 0.2) is 5.78 Å². The molecule has 0 fully saturated rings. The fourth-order valence-corrected chi connectivity index (χ4v) is 2.96. The van der Waals surface area contributed by atoms with Crippen molar-refractivity contribution in [3.63, 3.8) is 0 Å². The summed E-state index contributed by atoms with van der Waals surface area (Å²) < 4.78 is 1.87. The first-order valence-corrected chi connectivity index (χ1v) is 7.40. The molecule has 3 aromatic rings. The van der Waals surface area contributed by atoms with Gasteiger partial charge in [-0.3, -0.25) is 4.79 Å². The molecule has 0 amide bonds. The Morgan fingerprint density at radius 3 is 2.43 bits per heavy atom. The lowest BCUT2D eigenvalue weighted by Crippen LogP contribution is -2.10. The van der Waals surface area contributed by atoms with Gasteiger partial charge in [0.1, 0.15) is 0 Å². The first-order chi connectivity index (χ1) is 10.0. The molecular weight excluding hydrogens is 329 g/mol. The van der Waals surface area contributed by atoms with Crippen LogP contribution < -0.4 is 0 Å². The van der Waals surface area contributed by atoms with Crippen molar-refractivity contribution in [1.82, 2.24) is 4.57 Å². The van der Waals surface area contributed by atoms with E-state index in [9.17, 15) is 4.79 Å². The largest absolute Gasteiger partial charge is 0.340 e. The Kier molecular flexibility index (Phi) is 3.94. The normalized spacial score (nSPS) is 11.0. The van der Waals surface area contributed by atoms with Crippen LogP contribution in [0.15, 0.2) is 48.7 Å². The third-order valence-corrected chi connectivity index (χ3v) is 4.06. The van der Waals surface area contributed by atoms with Crippen LogP contribution in [0.5, 0.6) is 0 Å². The standard InChI is InChI=1S/C16H10Cl3NO/c17-11-2-4-15-10(7-11)5-6-20(15)9-16(21)13-3-1-12(18)8-14(13)19/h1-8H,9H2. The zero-order valence-corrected chi connectivity index (χ0v) is 13.1. The highest BCUT2D eigenvalue weighted by Crippen LogP contribution is 2.24. The molecule has 0 unspecified atom stereocenters.